The van der Waals surface area contributed by atoms with Crippen molar-refractivity contribution < 1.29 is 23.7 Å². The van der Waals surface area contributed by atoms with Crippen LogP contribution in [0.2, 0.25) is 0 Å². The monoisotopic (exact) mass is 465 g/mol. The number of methoxy groups -OCH3 is 3. The molecule has 1 fully saturated rings. The first-order valence-electron chi connectivity index (χ1n) is 10.7. The zero-order chi connectivity index (χ0) is 24.1. The summed E-state index contributed by atoms with van der Waals surface area (Å²) in [5, 5.41) is 11.4. The lowest BCUT2D eigenvalue weighted by atomic mass is 10.2. The van der Waals surface area contributed by atoms with Gasteiger partial charge in [-0.25, -0.2) is 9.79 Å². The Kier molecular flexibility index (Phi) is 6.86. The van der Waals surface area contributed by atoms with Gasteiger partial charge in [0.2, 0.25) is 11.6 Å². The number of hydrogen-bond acceptors (Lipinski definition) is 8. The average Bonchev–Trinajstić information content (AvgIpc) is 3.24. The number of ether oxygens (including phenoxy) is 4. The van der Waals surface area contributed by atoms with Gasteiger partial charge in [0.05, 0.1) is 21.3 Å². The first kappa shape index (κ1) is 23.0. The molecule has 2 aromatic carbocycles. The lowest BCUT2D eigenvalue weighted by Gasteiger charge is -2.35. The second-order valence-corrected chi connectivity index (χ2v) is 7.60. The summed E-state index contributed by atoms with van der Waals surface area (Å²) in [7, 11) is 4.56. The quantitative estimate of drug-likeness (QED) is 0.290. The minimum Gasteiger partial charge on any atom is -0.493 e. The van der Waals surface area contributed by atoms with Crippen LogP contribution >= 0.6 is 0 Å². The lowest BCUT2D eigenvalue weighted by Crippen LogP contribution is -2.48. The maximum Gasteiger partial charge on any atom is 0.365 e. The number of anilines is 1. The molecule has 2 N–H and O–H groups in total. The summed E-state index contributed by atoms with van der Waals surface area (Å²) in [4.78, 5) is 20.8. The first-order chi connectivity index (χ1) is 16.5. The number of guanidine groups is 1. The summed E-state index contributed by atoms with van der Waals surface area (Å²) in [6, 6.07) is 13.0. The molecule has 0 aromatic heterocycles. The molecule has 0 bridgehead atoms. The summed E-state index contributed by atoms with van der Waals surface area (Å²) in [5.41, 5.74) is 1.63. The van der Waals surface area contributed by atoms with E-state index >= 15 is 0 Å². The van der Waals surface area contributed by atoms with Gasteiger partial charge in [0.15, 0.2) is 23.2 Å². The normalized spacial score (nSPS) is 16.7. The Morgan fingerprint density at radius 2 is 1.68 bits per heavy atom. The summed E-state index contributed by atoms with van der Waals surface area (Å²) in [5.74, 6) is 1.32. The van der Waals surface area contributed by atoms with Crippen LogP contribution in [0.3, 0.4) is 0 Å². The summed E-state index contributed by atoms with van der Waals surface area (Å²) < 4.78 is 21.5. The van der Waals surface area contributed by atoms with Gasteiger partial charge < -0.3 is 34.1 Å². The molecular formula is C24H27N5O5. The third-order valence-corrected chi connectivity index (χ3v) is 5.50. The van der Waals surface area contributed by atoms with Crippen LogP contribution in [0.1, 0.15) is 5.56 Å². The molecule has 0 amide bonds. The third kappa shape index (κ3) is 4.90. The van der Waals surface area contributed by atoms with Crippen LogP contribution < -0.4 is 19.5 Å². The number of benzene rings is 2. The highest BCUT2D eigenvalue weighted by molar-refractivity contribution is 6.11. The molecule has 1 saturated heterocycles. The van der Waals surface area contributed by atoms with Gasteiger partial charge in [-0.3, -0.25) is 5.41 Å². The third-order valence-electron chi connectivity index (χ3n) is 5.50. The highest BCUT2D eigenvalue weighted by atomic mass is 16.6. The van der Waals surface area contributed by atoms with Crippen molar-refractivity contribution in [2.24, 2.45) is 4.99 Å². The van der Waals surface area contributed by atoms with Crippen LogP contribution in [0.5, 0.6) is 17.2 Å². The van der Waals surface area contributed by atoms with Gasteiger partial charge in [0.1, 0.15) is 0 Å². The van der Waals surface area contributed by atoms with E-state index in [0.717, 1.165) is 5.69 Å². The number of aliphatic imine (C=N–C) groups is 1. The molecule has 0 saturated carbocycles. The van der Waals surface area contributed by atoms with E-state index in [4.69, 9.17) is 24.4 Å². The topological polar surface area (TPSA) is 109 Å². The second-order valence-electron chi connectivity index (χ2n) is 7.60. The number of rotatable bonds is 6. The van der Waals surface area contributed by atoms with Gasteiger partial charge in [0.25, 0.3) is 0 Å². The molecule has 2 aromatic rings. The van der Waals surface area contributed by atoms with E-state index in [9.17, 15) is 4.79 Å². The van der Waals surface area contributed by atoms with Crippen molar-refractivity contribution in [1.82, 2.24) is 9.80 Å². The van der Waals surface area contributed by atoms with E-state index in [1.165, 1.54) is 21.3 Å². The zero-order valence-electron chi connectivity index (χ0n) is 19.3. The average molecular weight is 466 g/mol. The van der Waals surface area contributed by atoms with Crippen LogP contribution in [-0.2, 0) is 9.53 Å². The molecule has 0 radical (unpaired) electrons. The minimum absolute atomic E-state index is 0.169. The molecule has 0 spiro atoms. The summed E-state index contributed by atoms with van der Waals surface area (Å²) in [6.07, 6.45) is 1.71. The Morgan fingerprint density at radius 3 is 2.26 bits per heavy atom. The van der Waals surface area contributed by atoms with Crippen molar-refractivity contribution in [1.29, 1.82) is 5.41 Å². The largest absolute Gasteiger partial charge is 0.493 e. The highest BCUT2D eigenvalue weighted by Crippen LogP contribution is 2.39. The standard InChI is InChI=1S/C24H27N5O5/c1-31-19-13-16(14-20(32-2)21(19)33-3)22-27-18(23(30)34-22)15-28-9-11-29(12-10-28)24(25)26-17-7-5-4-6-8-17/h4-8,13-15H,9-12H2,1-3H3,(H2,25,26)/b18-15+. The number of nitrogens with zero attached hydrogens (tertiary/aromatic N) is 3. The fourth-order valence-corrected chi connectivity index (χ4v) is 3.71. The fourth-order valence-electron chi connectivity index (χ4n) is 3.71. The molecule has 2 aliphatic rings. The molecule has 10 nitrogen and oxygen atoms in total. The molecule has 0 unspecified atom stereocenters. The van der Waals surface area contributed by atoms with E-state index in [-0.39, 0.29) is 11.6 Å². The van der Waals surface area contributed by atoms with Crippen LogP contribution in [0.25, 0.3) is 0 Å². The first-order valence-corrected chi connectivity index (χ1v) is 10.7. The molecule has 2 aliphatic heterocycles. The number of esters is 1. The molecule has 2 heterocycles. The molecule has 34 heavy (non-hydrogen) atoms. The van der Waals surface area contributed by atoms with Gasteiger partial charge >= 0.3 is 5.97 Å². The molecule has 0 atom stereocenters. The molecule has 0 aliphatic carbocycles. The van der Waals surface area contributed by atoms with E-state index in [1.807, 2.05) is 40.1 Å². The molecule has 178 valence electrons. The van der Waals surface area contributed by atoms with Gasteiger partial charge in [-0.1, -0.05) is 18.2 Å². The predicted octanol–water partition coefficient (Wildman–Crippen LogP) is 2.52. The molecule has 10 heteroatoms. The number of hydrogen-bond donors (Lipinski definition) is 2. The predicted molar refractivity (Wildman–Crippen MR) is 128 cm³/mol. The Labute approximate surface area is 197 Å². The van der Waals surface area contributed by atoms with E-state index in [1.54, 1.807) is 18.3 Å². The molecule has 4 rings (SSSR count). The number of carbonyl (C=O) groups excluding carboxylic acids is 1. The highest BCUT2D eigenvalue weighted by Gasteiger charge is 2.28. The lowest BCUT2D eigenvalue weighted by molar-refractivity contribution is -0.130. The van der Waals surface area contributed by atoms with Gasteiger partial charge in [-0.15, -0.1) is 0 Å². The Hall–Kier alpha value is -4.21. The number of nitrogens with one attached hydrogen (secondary N) is 2. The Balaban J connectivity index is 1.43. The van der Waals surface area contributed by atoms with Crippen molar-refractivity contribution in [2.45, 2.75) is 0 Å². The fraction of sp³-hybridized carbons (Fsp3) is 0.292. The van der Waals surface area contributed by atoms with Crippen LogP contribution in [-0.4, -0.2) is 75.1 Å². The number of piperazine rings is 1. The van der Waals surface area contributed by atoms with Crippen molar-refractivity contribution in [2.75, 3.05) is 52.8 Å². The van der Waals surface area contributed by atoms with Crippen LogP contribution in [0, 0.1) is 5.41 Å². The molecular weight excluding hydrogens is 438 g/mol. The van der Waals surface area contributed by atoms with Crippen molar-refractivity contribution in [3.8, 4) is 17.2 Å². The Bertz CT molecular complexity index is 1100. The number of carbonyl (C=O) groups is 1. The summed E-state index contributed by atoms with van der Waals surface area (Å²) >= 11 is 0. The number of para-hydroxylation sites is 1. The van der Waals surface area contributed by atoms with E-state index in [2.05, 4.69) is 10.3 Å². The van der Waals surface area contributed by atoms with Gasteiger partial charge in [-0.05, 0) is 24.3 Å². The maximum atomic E-state index is 12.5. The van der Waals surface area contributed by atoms with Crippen LogP contribution in [0.15, 0.2) is 59.4 Å². The SMILES string of the molecule is COc1cc(C2=N/C(=C/N3CCN(C(=N)Nc4ccccc4)CC3)C(=O)O2)cc(OC)c1OC. The Morgan fingerprint density at radius 1 is 1.03 bits per heavy atom. The van der Waals surface area contributed by atoms with Gasteiger partial charge in [0, 0.05) is 43.6 Å². The van der Waals surface area contributed by atoms with E-state index in [0.29, 0.717) is 55.0 Å². The van der Waals surface area contributed by atoms with E-state index < -0.39 is 5.97 Å². The maximum absolute atomic E-state index is 12.5. The summed E-state index contributed by atoms with van der Waals surface area (Å²) in [6.45, 7) is 2.57. The smallest absolute Gasteiger partial charge is 0.365 e. The van der Waals surface area contributed by atoms with Gasteiger partial charge in [-0.2, -0.15) is 0 Å². The zero-order valence-corrected chi connectivity index (χ0v) is 19.3. The van der Waals surface area contributed by atoms with Crippen molar-refractivity contribution in [3.05, 3.63) is 59.9 Å². The second kappa shape index (κ2) is 10.2. The van der Waals surface area contributed by atoms with Crippen LogP contribution in [0.4, 0.5) is 5.69 Å². The number of cyclic esters (lactones) is 1. The van der Waals surface area contributed by atoms with Crippen molar-refractivity contribution in [3.63, 3.8) is 0 Å². The van der Waals surface area contributed by atoms with Crippen molar-refractivity contribution >= 4 is 23.5 Å². The minimum atomic E-state index is -0.523.